The van der Waals surface area contributed by atoms with E-state index in [9.17, 15) is 8.42 Å². The quantitative estimate of drug-likeness (QED) is 0.898. The van der Waals surface area contributed by atoms with Crippen LogP contribution in [-0.2, 0) is 16.3 Å². The predicted molar refractivity (Wildman–Crippen MR) is 86.4 cm³/mol. The molecule has 1 aliphatic rings. The van der Waals surface area contributed by atoms with E-state index in [2.05, 4.69) is 28.1 Å². The molecule has 0 saturated heterocycles. The summed E-state index contributed by atoms with van der Waals surface area (Å²) in [6.07, 6.45) is 5.67. The lowest BCUT2D eigenvalue weighted by molar-refractivity contribution is 0.304. The molecule has 0 bridgehead atoms. The number of hydrogen-bond acceptors (Lipinski definition) is 3. The van der Waals surface area contributed by atoms with Gasteiger partial charge in [0.15, 0.2) is 0 Å². The predicted octanol–water partition coefficient (Wildman–Crippen LogP) is 2.92. The Morgan fingerprint density at radius 2 is 2.15 bits per heavy atom. The van der Waals surface area contributed by atoms with Crippen molar-refractivity contribution in [2.45, 2.75) is 43.4 Å². The zero-order valence-electron chi connectivity index (χ0n) is 11.8. The van der Waals surface area contributed by atoms with Gasteiger partial charge in [-0.15, -0.1) is 0 Å². The summed E-state index contributed by atoms with van der Waals surface area (Å²) < 4.78 is 24.5. The highest BCUT2D eigenvalue weighted by Crippen LogP contribution is 2.31. The Morgan fingerprint density at radius 1 is 1.40 bits per heavy atom. The van der Waals surface area contributed by atoms with Crippen LogP contribution in [0.25, 0.3) is 0 Å². The molecule has 0 amide bonds. The van der Waals surface area contributed by atoms with Crippen LogP contribution in [0.15, 0.2) is 28.7 Å². The smallest absolute Gasteiger partial charge is 0.150 e. The Kier molecular flexibility index (Phi) is 5.26. The van der Waals surface area contributed by atoms with Gasteiger partial charge >= 0.3 is 0 Å². The molecule has 20 heavy (non-hydrogen) atoms. The molecule has 0 aliphatic heterocycles. The van der Waals surface area contributed by atoms with E-state index >= 15 is 0 Å². The number of nitrogens with two attached hydrogens (primary N) is 1. The van der Waals surface area contributed by atoms with E-state index in [1.807, 2.05) is 12.1 Å². The maximum Gasteiger partial charge on any atom is 0.150 e. The van der Waals surface area contributed by atoms with Crippen LogP contribution in [0.2, 0.25) is 0 Å². The first-order valence-electron chi connectivity index (χ1n) is 7.05. The van der Waals surface area contributed by atoms with Gasteiger partial charge in [-0.2, -0.15) is 0 Å². The average molecular weight is 360 g/mol. The molecule has 3 nitrogen and oxygen atoms in total. The van der Waals surface area contributed by atoms with E-state index in [1.165, 1.54) is 11.8 Å². The third-order valence-corrected chi connectivity index (χ3v) is 6.37. The van der Waals surface area contributed by atoms with E-state index in [0.717, 1.165) is 30.2 Å². The van der Waals surface area contributed by atoms with Gasteiger partial charge in [0, 0.05) is 16.8 Å². The summed E-state index contributed by atoms with van der Waals surface area (Å²) >= 11 is 3.46. The van der Waals surface area contributed by atoms with Crippen LogP contribution in [0.3, 0.4) is 0 Å². The van der Waals surface area contributed by atoms with Crippen LogP contribution < -0.4 is 5.73 Å². The molecule has 0 heterocycles. The zero-order chi connectivity index (χ0) is 14.8. The minimum absolute atomic E-state index is 0.0360. The maximum atomic E-state index is 11.7. The van der Waals surface area contributed by atoms with Crippen molar-refractivity contribution in [2.24, 2.45) is 11.7 Å². The van der Waals surface area contributed by atoms with Gasteiger partial charge in [-0.25, -0.2) is 8.42 Å². The van der Waals surface area contributed by atoms with Gasteiger partial charge in [-0.3, -0.25) is 0 Å². The SMILES string of the molecule is CS(=O)(=O)C1CCCC(C(N)Cc2cccc(Br)c2)C1. The number of benzene rings is 1. The first-order valence-corrected chi connectivity index (χ1v) is 9.80. The molecule has 1 aromatic rings. The minimum atomic E-state index is -2.93. The monoisotopic (exact) mass is 359 g/mol. The normalized spacial score (nSPS) is 25.4. The van der Waals surface area contributed by atoms with E-state index in [1.54, 1.807) is 0 Å². The molecule has 1 fully saturated rings. The van der Waals surface area contributed by atoms with Gasteiger partial charge in [0.2, 0.25) is 0 Å². The molecule has 3 unspecified atom stereocenters. The molecule has 2 N–H and O–H groups in total. The molecule has 0 aromatic heterocycles. The second-order valence-electron chi connectivity index (χ2n) is 5.88. The van der Waals surface area contributed by atoms with E-state index in [-0.39, 0.29) is 11.3 Å². The summed E-state index contributed by atoms with van der Waals surface area (Å²) in [4.78, 5) is 0. The Labute approximate surface area is 130 Å². The number of halogens is 1. The van der Waals surface area contributed by atoms with Crippen LogP contribution in [-0.4, -0.2) is 26.0 Å². The van der Waals surface area contributed by atoms with Gasteiger partial charge in [-0.1, -0.05) is 34.5 Å². The molecular formula is C15H22BrNO2S. The Morgan fingerprint density at radius 3 is 2.80 bits per heavy atom. The van der Waals surface area contributed by atoms with Gasteiger partial charge in [0.25, 0.3) is 0 Å². The van der Waals surface area contributed by atoms with Crippen molar-refractivity contribution in [1.29, 1.82) is 0 Å². The molecule has 0 spiro atoms. The summed E-state index contributed by atoms with van der Waals surface area (Å²) in [6, 6.07) is 8.19. The molecular weight excluding hydrogens is 338 g/mol. The summed E-state index contributed by atoms with van der Waals surface area (Å²) in [5, 5.41) is -0.199. The van der Waals surface area contributed by atoms with Crippen molar-refractivity contribution < 1.29 is 8.42 Å². The number of rotatable bonds is 4. The van der Waals surface area contributed by atoms with Crippen molar-refractivity contribution in [3.8, 4) is 0 Å². The Hall–Kier alpha value is -0.390. The van der Waals surface area contributed by atoms with Crippen LogP contribution in [0.5, 0.6) is 0 Å². The van der Waals surface area contributed by atoms with E-state index in [4.69, 9.17) is 5.73 Å². The lowest BCUT2D eigenvalue weighted by Gasteiger charge is -2.32. The second kappa shape index (κ2) is 6.58. The topological polar surface area (TPSA) is 60.2 Å². The molecule has 5 heteroatoms. The van der Waals surface area contributed by atoms with Gasteiger partial charge < -0.3 is 5.73 Å². The van der Waals surface area contributed by atoms with Crippen LogP contribution in [0.1, 0.15) is 31.2 Å². The molecule has 1 aliphatic carbocycles. The fraction of sp³-hybridized carbons (Fsp3) is 0.600. The first kappa shape index (κ1) is 16.0. The Bertz CT molecular complexity index is 559. The van der Waals surface area contributed by atoms with Crippen LogP contribution in [0, 0.1) is 5.92 Å². The maximum absolute atomic E-state index is 11.7. The summed E-state index contributed by atoms with van der Waals surface area (Å²) in [7, 11) is -2.93. The Balaban J connectivity index is 2.00. The van der Waals surface area contributed by atoms with Gasteiger partial charge in [0.1, 0.15) is 9.84 Å². The van der Waals surface area contributed by atoms with E-state index in [0.29, 0.717) is 12.3 Å². The van der Waals surface area contributed by atoms with Crippen LogP contribution >= 0.6 is 15.9 Å². The third kappa shape index (κ3) is 4.30. The summed E-state index contributed by atoms with van der Waals surface area (Å²) in [5.74, 6) is 0.308. The minimum Gasteiger partial charge on any atom is -0.327 e. The van der Waals surface area contributed by atoms with Gasteiger partial charge in [0.05, 0.1) is 5.25 Å². The molecule has 0 radical (unpaired) electrons. The highest BCUT2D eigenvalue weighted by molar-refractivity contribution is 9.10. The average Bonchev–Trinajstić information content (AvgIpc) is 2.38. The van der Waals surface area contributed by atoms with E-state index < -0.39 is 9.84 Å². The number of hydrogen-bond donors (Lipinski definition) is 1. The summed E-state index contributed by atoms with van der Waals surface area (Å²) in [5.41, 5.74) is 7.53. The summed E-state index contributed by atoms with van der Waals surface area (Å²) in [6.45, 7) is 0. The second-order valence-corrected chi connectivity index (χ2v) is 9.12. The van der Waals surface area contributed by atoms with Crippen molar-refractivity contribution in [2.75, 3.05) is 6.26 Å². The fourth-order valence-electron chi connectivity index (χ4n) is 3.06. The van der Waals surface area contributed by atoms with Crippen molar-refractivity contribution >= 4 is 25.8 Å². The largest absolute Gasteiger partial charge is 0.327 e. The van der Waals surface area contributed by atoms with Crippen molar-refractivity contribution in [3.05, 3.63) is 34.3 Å². The fourth-order valence-corrected chi connectivity index (χ4v) is 4.70. The molecule has 2 rings (SSSR count). The number of sulfone groups is 1. The van der Waals surface area contributed by atoms with Crippen molar-refractivity contribution in [3.63, 3.8) is 0 Å². The van der Waals surface area contributed by atoms with Crippen LogP contribution in [0.4, 0.5) is 0 Å². The highest BCUT2D eigenvalue weighted by Gasteiger charge is 2.31. The van der Waals surface area contributed by atoms with Gasteiger partial charge in [-0.05, 0) is 49.3 Å². The zero-order valence-corrected chi connectivity index (χ0v) is 14.2. The first-order chi connectivity index (χ1) is 9.36. The molecule has 3 atom stereocenters. The molecule has 112 valence electrons. The third-order valence-electron chi connectivity index (χ3n) is 4.24. The highest BCUT2D eigenvalue weighted by atomic mass is 79.9. The lowest BCUT2D eigenvalue weighted by Crippen LogP contribution is -2.38. The molecule has 1 saturated carbocycles. The molecule has 1 aromatic carbocycles. The van der Waals surface area contributed by atoms with Crippen molar-refractivity contribution in [1.82, 2.24) is 0 Å². The standard InChI is InChI=1S/C15H22BrNO2S/c1-20(18,19)14-7-3-5-12(10-14)15(17)9-11-4-2-6-13(16)8-11/h2,4,6,8,12,14-15H,3,5,7,9-10,17H2,1H3. The lowest BCUT2D eigenvalue weighted by atomic mass is 9.82.